The molecule has 0 bridgehead atoms. The number of hydrogen-bond donors (Lipinski definition) is 0. The fraction of sp³-hybridized carbons (Fsp3) is 0.0909. The Morgan fingerprint density at radius 3 is 2.28 bits per heavy atom. The van der Waals surface area contributed by atoms with Gasteiger partial charge in [-0.1, -0.05) is 73.7 Å². The maximum absolute atomic E-state index is 4.43. The zero-order chi connectivity index (χ0) is 16.8. The molecular weight excluding hydrogens is 306 g/mol. The minimum atomic E-state index is 0.856. The number of aromatic nitrogens is 3. The van der Waals surface area contributed by atoms with Crippen LogP contribution in [0.25, 0.3) is 38.3 Å². The van der Waals surface area contributed by atoms with Gasteiger partial charge in [-0.15, -0.1) is 10.2 Å². The predicted octanol–water partition coefficient (Wildman–Crippen LogP) is 5.27. The van der Waals surface area contributed by atoms with Gasteiger partial charge in [0.2, 0.25) is 0 Å². The lowest BCUT2D eigenvalue weighted by molar-refractivity contribution is 0.910. The number of pyridine rings is 1. The third kappa shape index (κ3) is 2.06. The molecule has 0 aliphatic rings. The average molecular weight is 323 g/mol. The standard InChI is InChI=1S/C22H17N3/c1-2-21-23-24-22-19-12-6-5-11-18(19)20(14-25(21)22)17-13-7-9-15-8-3-4-10-16(15)17/h3-14H,2H2,1H3. The number of aryl methyl sites for hydroxylation is 1. The number of hydrogen-bond acceptors (Lipinski definition) is 2. The Kier molecular flexibility index (Phi) is 3.07. The summed E-state index contributed by atoms with van der Waals surface area (Å²) in [6.07, 6.45) is 3.05. The molecule has 120 valence electrons. The Balaban J connectivity index is 1.97. The van der Waals surface area contributed by atoms with E-state index in [0.717, 1.165) is 23.3 Å². The van der Waals surface area contributed by atoms with Crippen LogP contribution in [0.4, 0.5) is 0 Å². The van der Waals surface area contributed by atoms with Crippen LogP contribution in [0, 0.1) is 0 Å². The summed E-state index contributed by atoms with van der Waals surface area (Å²) in [5.41, 5.74) is 3.39. The van der Waals surface area contributed by atoms with E-state index in [1.165, 1.54) is 27.3 Å². The summed E-state index contributed by atoms with van der Waals surface area (Å²) in [6.45, 7) is 2.11. The average Bonchev–Trinajstić information content (AvgIpc) is 3.10. The first-order valence-electron chi connectivity index (χ1n) is 8.60. The summed E-state index contributed by atoms with van der Waals surface area (Å²) in [5.74, 6) is 0.988. The fourth-order valence-electron chi connectivity index (χ4n) is 3.67. The number of rotatable bonds is 2. The van der Waals surface area contributed by atoms with Crippen LogP contribution in [0.15, 0.2) is 72.9 Å². The van der Waals surface area contributed by atoms with Crippen molar-refractivity contribution in [1.29, 1.82) is 0 Å². The zero-order valence-corrected chi connectivity index (χ0v) is 14.0. The summed E-state index contributed by atoms with van der Waals surface area (Å²) >= 11 is 0. The van der Waals surface area contributed by atoms with Crippen LogP contribution in [0.1, 0.15) is 12.7 Å². The van der Waals surface area contributed by atoms with Gasteiger partial charge >= 0.3 is 0 Å². The third-order valence-electron chi connectivity index (χ3n) is 4.88. The second kappa shape index (κ2) is 5.42. The Morgan fingerprint density at radius 1 is 0.720 bits per heavy atom. The SMILES string of the molecule is CCc1nnc2c3ccccc3c(-c3cccc4ccccc34)cn12. The molecule has 3 aromatic carbocycles. The van der Waals surface area contributed by atoms with E-state index in [-0.39, 0.29) is 0 Å². The van der Waals surface area contributed by atoms with E-state index in [0.29, 0.717) is 0 Å². The van der Waals surface area contributed by atoms with Gasteiger partial charge in [0.05, 0.1) is 0 Å². The van der Waals surface area contributed by atoms with Crippen LogP contribution >= 0.6 is 0 Å². The lowest BCUT2D eigenvalue weighted by Crippen LogP contribution is -1.95. The summed E-state index contributed by atoms with van der Waals surface area (Å²) in [5, 5.41) is 13.7. The van der Waals surface area contributed by atoms with Crippen LogP contribution in [0.2, 0.25) is 0 Å². The van der Waals surface area contributed by atoms with Gasteiger partial charge in [0.15, 0.2) is 5.65 Å². The zero-order valence-electron chi connectivity index (χ0n) is 14.0. The summed E-state index contributed by atoms with van der Waals surface area (Å²) in [4.78, 5) is 0. The van der Waals surface area contributed by atoms with Crippen molar-refractivity contribution in [2.24, 2.45) is 0 Å². The molecule has 3 nitrogen and oxygen atoms in total. The molecule has 5 aromatic rings. The first-order chi connectivity index (χ1) is 12.4. The summed E-state index contributed by atoms with van der Waals surface area (Å²) < 4.78 is 2.14. The van der Waals surface area contributed by atoms with E-state index in [4.69, 9.17) is 0 Å². The van der Waals surface area contributed by atoms with Crippen LogP contribution in [-0.4, -0.2) is 14.6 Å². The van der Waals surface area contributed by atoms with Crippen LogP contribution in [-0.2, 0) is 6.42 Å². The highest BCUT2D eigenvalue weighted by Crippen LogP contribution is 2.35. The normalized spacial score (nSPS) is 11.6. The van der Waals surface area contributed by atoms with Gasteiger partial charge in [-0.25, -0.2) is 0 Å². The molecule has 25 heavy (non-hydrogen) atoms. The maximum Gasteiger partial charge on any atom is 0.168 e. The van der Waals surface area contributed by atoms with Gasteiger partial charge in [0.25, 0.3) is 0 Å². The minimum absolute atomic E-state index is 0.856. The van der Waals surface area contributed by atoms with Crippen molar-refractivity contribution in [3.05, 3.63) is 78.8 Å². The highest BCUT2D eigenvalue weighted by atomic mass is 15.2. The van der Waals surface area contributed by atoms with Crippen LogP contribution in [0.5, 0.6) is 0 Å². The van der Waals surface area contributed by atoms with E-state index in [2.05, 4.69) is 94.4 Å². The molecule has 5 rings (SSSR count). The molecule has 0 aliphatic carbocycles. The first kappa shape index (κ1) is 14.2. The first-order valence-corrected chi connectivity index (χ1v) is 8.60. The maximum atomic E-state index is 4.43. The van der Waals surface area contributed by atoms with Crippen molar-refractivity contribution in [2.75, 3.05) is 0 Å². The molecule has 2 heterocycles. The molecule has 2 aromatic heterocycles. The van der Waals surface area contributed by atoms with Gasteiger partial charge in [-0.2, -0.15) is 0 Å². The van der Waals surface area contributed by atoms with Gasteiger partial charge in [0, 0.05) is 23.6 Å². The Morgan fingerprint density at radius 2 is 1.44 bits per heavy atom. The Bertz CT molecular complexity index is 1230. The number of fused-ring (bicyclic) bond motifs is 4. The smallest absolute Gasteiger partial charge is 0.168 e. The van der Waals surface area contributed by atoms with Gasteiger partial charge in [-0.05, 0) is 21.7 Å². The Labute approximate surface area is 145 Å². The second-order valence-electron chi connectivity index (χ2n) is 6.28. The van der Waals surface area contributed by atoms with Crippen LogP contribution in [0.3, 0.4) is 0 Å². The van der Waals surface area contributed by atoms with Crippen molar-refractivity contribution < 1.29 is 0 Å². The molecule has 0 saturated heterocycles. The molecule has 0 radical (unpaired) electrons. The third-order valence-corrected chi connectivity index (χ3v) is 4.88. The van der Waals surface area contributed by atoms with Crippen molar-refractivity contribution >= 4 is 27.2 Å². The lowest BCUT2D eigenvalue weighted by Gasteiger charge is -2.12. The second-order valence-corrected chi connectivity index (χ2v) is 6.28. The van der Waals surface area contributed by atoms with Gasteiger partial charge in [-0.3, -0.25) is 4.40 Å². The van der Waals surface area contributed by atoms with E-state index >= 15 is 0 Å². The molecule has 0 atom stereocenters. The van der Waals surface area contributed by atoms with E-state index < -0.39 is 0 Å². The molecule has 3 heteroatoms. The highest BCUT2D eigenvalue weighted by molar-refractivity contribution is 6.08. The molecule has 0 amide bonds. The van der Waals surface area contributed by atoms with E-state index in [9.17, 15) is 0 Å². The molecule has 0 unspecified atom stereocenters. The Hall–Kier alpha value is -3.20. The van der Waals surface area contributed by atoms with Crippen molar-refractivity contribution in [3.8, 4) is 11.1 Å². The van der Waals surface area contributed by atoms with Gasteiger partial charge < -0.3 is 0 Å². The number of benzene rings is 3. The fourth-order valence-corrected chi connectivity index (χ4v) is 3.67. The predicted molar refractivity (Wildman–Crippen MR) is 103 cm³/mol. The van der Waals surface area contributed by atoms with Crippen molar-refractivity contribution in [2.45, 2.75) is 13.3 Å². The van der Waals surface area contributed by atoms with Gasteiger partial charge in [0.1, 0.15) is 5.82 Å². The summed E-state index contributed by atoms with van der Waals surface area (Å²) in [6, 6.07) is 23.5. The monoisotopic (exact) mass is 323 g/mol. The lowest BCUT2D eigenvalue weighted by atomic mass is 9.95. The van der Waals surface area contributed by atoms with E-state index in [1.807, 2.05) is 0 Å². The largest absolute Gasteiger partial charge is 0.285 e. The van der Waals surface area contributed by atoms with E-state index in [1.54, 1.807) is 0 Å². The molecule has 0 N–H and O–H groups in total. The minimum Gasteiger partial charge on any atom is -0.285 e. The summed E-state index contributed by atoms with van der Waals surface area (Å²) in [7, 11) is 0. The molecule has 0 aliphatic heterocycles. The highest BCUT2D eigenvalue weighted by Gasteiger charge is 2.14. The number of nitrogens with zero attached hydrogens (tertiary/aromatic N) is 3. The molecule has 0 saturated carbocycles. The molecule has 0 spiro atoms. The molecular formula is C22H17N3. The molecule has 0 fully saturated rings. The van der Waals surface area contributed by atoms with Crippen molar-refractivity contribution in [3.63, 3.8) is 0 Å². The van der Waals surface area contributed by atoms with Crippen LogP contribution < -0.4 is 0 Å². The quantitative estimate of drug-likeness (QED) is 0.443. The topological polar surface area (TPSA) is 30.2 Å². The van der Waals surface area contributed by atoms with Crippen molar-refractivity contribution in [1.82, 2.24) is 14.6 Å².